The molecule has 10 nitrogen and oxygen atoms in total. The Morgan fingerprint density at radius 3 is 2.51 bits per heavy atom. The summed E-state index contributed by atoms with van der Waals surface area (Å²) < 4.78 is 2.01. The zero-order valence-electron chi connectivity index (χ0n) is 20.1. The molecule has 2 aromatic heterocycles. The van der Waals surface area contributed by atoms with Crippen molar-refractivity contribution in [2.45, 2.75) is 69.6 Å². The number of hydrogen-bond donors (Lipinski definition) is 4. The minimum Gasteiger partial charge on any atom is -0.393 e. The van der Waals surface area contributed by atoms with Crippen molar-refractivity contribution in [1.29, 1.82) is 5.26 Å². The molecule has 2 fully saturated rings. The van der Waals surface area contributed by atoms with Gasteiger partial charge < -0.3 is 21.5 Å². The van der Waals surface area contributed by atoms with Gasteiger partial charge in [0.1, 0.15) is 5.52 Å². The zero-order valence-corrected chi connectivity index (χ0v) is 21.6. The highest BCUT2D eigenvalue weighted by Gasteiger charge is 2.30. The van der Waals surface area contributed by atoms with Crippen LogP contribution in [-0.4, -0.2) is 42.7 Å². The molecule has 1 aromatic carbocycles. The number of aromatic nitrogens is 4. The van der Waals surface area contributed by atoms with Gasteiger partial charge in [-0.05, 0) is 63.5 Å². The maximum absolute atomic E-state index is 11.7. The normalized spacial score (nSPS) is 23.9. The van der Waals surface area contributed by atoms with Crippen LogP contribution < -0.4 is 16.4 Å². The zero-order chi connectivity index (χ0) is 26.1. The number of nitrogens with two attached hydrogens (primary N) is 1. The van der Waals surface area contributed by atoms with Crippen LogP contribution >= 0.6 is 23.2 Å². The van der Waals surface area contributed by atoms with E-state index in [-0.39, 0.29) is 30.0 Å². The highest BCUT2D eigenvalue weighted by atomic mass is 35.5. The standard InChI is InChI=1S/C25H28Cl2N8O2/c26-18-8-13(11-28)9-19(27)21(18)33-25-32-20-12-30-24(31-15-2-1-3-17(36)10-15)34-23(20)35(25)16-6-4-14(5-7-16)22(29)37/h8-9,12,14-17,36H,1-7,10H2,(H2,29,37)(H,32,33)(H,30,31,34). The lowest BCUT2D eigenvalue weighted by atomic mass is 9.85. The highest BCUT2D eigenvalue weighted by molar-refractivity contribution is 6.39. The molecule has 194 valence electrons. The van der Waals surface area contributed by atoms with Gasteiger partial charge in [-0.15, -0.1) is 0 Å². The third-order valence-electron chi connectivity index (χ3n) is 7.28. The number of nitriles is 1. The molecule has 12 heteroatoms. The van der Waals surface area contributed by atoms with E-state index in [1.165, 1.54) is 0 Å². The predicted octanol–water partition coefficient (Wildman–Crippen LogP) is 4.68. The van der Waals surface area contributed by atoms with Gasteiger partial charge >= 0.3 is 0 Å². The number of fused-ring (bicyclic) bond motifs is 1. The summed E-state index contributed by atoms with van der Waals surface area (Å²) in [4.78, 5) is 25.8. The van der Waals surface area contributed by atoms with Gasteiger partial charge in [-0.2, -0.15) is 10.2 Å². The molecule has 1 amide bonds. The summed E-state index contributed by atoms with van der Waals surface area (Å²) in [5.41, 5.74) is 7.58. The van der Waals surface area contributed by atoms with Gasteiger partial charge in [0.25, 0.3) is 0 Å². The molecule has 2 heterocycles. The van der Waals surface area contributed by atoms with E-state index in [2.05, 4.69) is 15.6 Å². The Kier molecular flexibility index (Phi) is 7.38. The Morgan fingerprint density at radius 2 is 1.86 bits per heavy atom. The van der Waals surface area contributed by atoms with Crippen LogP contribution in [0.25, 0.3) is 11.2 Å². The summed E-state index contributed by atoms with van der Waals surface area (Å²) >= 11 is 12.9. The molecule has 0 radical (unpaired) electrons. The quantitative estimate of drug-likeness (QED) is 0.349. The van der Waals surface area contributed by atoms with Crippen LogP contribution in [-0.2, 0) is 4.79 Å². The first-order valence-electron chi connectivity index (χ1n) is 12.5. The van der Waals surface area contributed by atoms with Crippen LogP contribution in [0.3, 0.4) is 0 Å². The minimum atomic E-state index is -0.321. The Bertz CT molecular complexity index is 1340. The number of amides is 1. The predicted molar refractivity (Wildman–Crippen MR) is 142 cm³/mol. The van der Waals surface area contributed by atoms with Crippen LogP contribution in [0.5, 0.6) is 0 Å². The first-order valence-corrected chi connectivity index (χ1v) is 13.2. The number of benzene rings is 1. The fourth-order valence-electron chi connectivity index (χ4n) is 5.36. The number of aliphatic hydroxyl groups excluding tert-OH is 1. The van der Waals surface area contributed by atoms with Crippen LogP contribution in [0.2, 0.25) is 10.0 Å². The Hall–Kier alpha value is -3.13. The smallest absolute Gasteiger partial charge is 0.224 e. The Morgan fingerprint density at radius 1 is 1.14 bits per heavy atom. The second-order valence-corrected chi connectivity index (χ2v) is 10.6. The van der Waals surface area contributed by atoms with E-state index in [9.17, 15) is 15.2 Å². The van der Waals surface area contributed by atoms with Crippen molar-refractivity contribution in [3.05, 3.63) is 33.9 Å². The second kappa shape index (κ2) is 10.7. The molecule has 0 saturated heterocycles. The number of hydrogen-bond acceptors (Lipinski definition) is 8. The van der Waals surface area contributed by atoms with E-state index in [0.717, 1.165) is 32.1 Å². The van der Waals surface area contributed by atoms with Crippen LogP contribution in [0.1, 0.15) is 63.0 Å². The average Bonchev–Trinajstić information content (AvgIpc) is 3.23. The molecule has 2 unspecified atom stereocenters. The van der Waals surface area contributed by atoms with Gasteiger partial charge in [0.05, 0.1) is 39.7 Å². The lowest BCUT2D eigenvalue weighted by Crippen LogP contribution is -2.30. The summed E-state index contributed by atoms with van der Waals surface area (Å²) in [6, 6.07) is 5.24. The van der Waals surface area contributed by atoms with Crippen LogP contribution in [0.4, 0.5) is 17.6 Å². The Labute approximate surface area is 224 Å². The van der Waals surface area contributed by atoms with E-state index in [4.69, 9.17) is 38.9 Å². The van der Waals surface area contributed by atoms with Gasteiger partial charge in [0.2, 0.25) is 17.8 Å². The number of halogens is 2. The number of primary amides is 1. The number of nitrogens with one attached hydrogen (secondary N) is 2. The molecule has 5 rings (SSSR count). The largest absolute Gasteiger partial charge is 0.393 e. The summed E-state index contributed by atoms with van der Waals surface area (Å²) in [6.45, 7) is 0. The Balaban J connectivity index is 1.52. The molecule has 2 saturated carbocycles. The van der Waals surface area contributed by atoms with Crippen LogP contribution in [0.15, 0.2) is 18.3 Å². The van der Waals surface area contributed by atoms with E-state index >= 15 is 0 Å². The van der Waals surface area contributed by atoms with Crippen molar-refractivity contribution in [2.75, 3.05) is 10.6 Å². The van der Waals surface area contributed by atoms with Gasteiger partial charge in [-0.25, -0.2) is 9.97 Å². The van der Waals surface area contributed by atoms with Crippen molar-refractivity contribution >= 4 is 57.9 Å². The number of imidazole rings is 1. The molecule has 3 aromatic rings. The number of carbonyl (C=O) groups excluding carboxylic acids is 1. The summed E-state index contributed by atoms with van der Waals surface area (Å²) in [5, 5.41) is 26.5. The van der Waals surface area contributed by atoms with Gasteiger partial charge in [0.15, 0.2) is 5.65 Å². The molecule has 0 aliphatic heterocycles. The van der Waals surface area contributed by atoms with Crippen molar-refractivity contribution in [3.8, 4) is 6.07 Å². The molecule has 2 atom stereocenters. The molecular formula is C25H28Cl2N8O2. The van der Waals surface area contributed by atoms with Gasteiger partial charge in [-0.3, -0.25) is 9.36 Å². The van der Waals surface area contributed by atoms with Crippen molar-refractivity contribution in [3.63, 3.8) is 0 Å². The van der Waals surface area contributed by atoms with E-state index < -0.39 is 0 Å². The fraction of sp³-hybridized carbons (Fsp3) is 0.480. The van der Waals surface area contributed by atoms with Crippen molar-refractivity contribution in [1.82, 2.24) is 19.5 Å². The van der Waals surface area contributed by atoms with Gasteiger partial charge in [0, 0.05) is 18.0 Å². The average molecular weight is 543 g/mol. The summed E-state index contributed by atoms with van der Waals surface area (Å²) in [5.74, 6) is 0.548. The summed E-state index contributed by atoms with van der Waals surface area (Å²) in [7, 11) is 0. The first-order chi connectivity index (χ1) is 17.8. The molecule has 2 aliphatic carbocycles. The van der Waals surface area contributed by atoms with Crippen molar-refractivity contribution < 1.29 is 9.90 Å². The van der Waals surface area contributed by atoms with E-state index in [1.807, 2.05) is 10.6 Å². The lowest BCUT2D eigenvalue weighted by molar-refractivity contribution is -0.122. The molecule has 37 heavy (non-hydrogen) atoms. The van der Waals surface area contributed by atoms with E-state index in [1.54, 1.807) is 18.3 Å². The highest BCUT2D eigenvalue weighted by Crippen LogP contribution is 2.39. The topological polar surface area (TPSA) is 155 Å². The van der Waals surface area contributed by atoms with Crippen LogP contribution in [0, 0.1) is 17.2 Å². The lowest BCUT2D eigenvalue weighted by Gasteiger charge is -2.29. The molecular weight excluding hydrogens is 515 g/mol. The number of aliphatic hydroxyl groups is 1. The maximum Gasteiger partial charge on any atom is 0.224 e. The number of carbonyl (C=O) groups is 1. The molecule has 5 N–H and O–H groups in total. The molecule has 0 spiro atoms. The third-order valence-corrected chi connectivity index (χ3v) is 7.88. The summed E-state index contributed by atoms with van der Waals surface area (Å²) in [6.07, 6.45) is 7.51. The molecule has 2 aliphatic rings. The monoisotopic (exact) mass is 542 g/mol. The minimum absolute atomic E-state index is 0.0123. The van der Waals surface area contributed by atoms with Gasteiger partial charge in [-0.1, -0.05) is 23.2 Å². The van der Waals surface area contributed by atoms with Crippen molar-refractivity contribution in [2.24, 2.45) is 11.7 Å². The third kappa shape index (κ3) is 5.44. The first kappa shape index (κ1) is 25.5. The second-order valence-electron chi connectivity index (χ2n) is 9.83. The number of rotatable bonds is 6. The number of anilines is 3. The molecule has 0 bridgehead atoms. The van der Waals surface area contributed by atoms with E-state index in [0.29, 0.717) is 63.6 Å². The maximum atomic E-state index is 11.7. The fourth-order valence-corrected chi connectivity index (χ4v) is 5.94. The SMILES string of the molecule is N#Cc1cc(Cl)c(Nc2nc3cnc(NC4CCCC(O)C4)nc3n2C2CCC(C(N)=O)CC2)c(Cl)c1. The number of nitrogens with zero attached hydrogens (tertiary/aromatic N) is 5.